The molecule has 0 saturated heterocycles. The smallest absolute Gasteiger partial charge is 0.339 e. The summed E-state index contributed by atoms with van der Waals surface area (Å²) in [6.07, 6.45) is 1.43. The molecule has 1 aromatic heterocycles. The summed E-state index contributed by atoms with van der Waals surface area (Å²) in [7, 11) is 1.26. The predicted octanol–water partition coefficient (Wildman–Crippen LogP) is 2.17. The maximum Gasteiger partial charge on any atom is 0.339 e. The number of ether oxygens (including phenoxy) is 1. The third-order valence-electron chi connectivity index (χ3n) is 3.47. The molecule has 0 aliphatic heterocycles. The monoisotopic (exact) mass is 296 g/mol. The fraction of sp³-hybridized carbons (Fsp3) is 0.235. The maximum absolute atomic E-state index is 12.3. The number of carbonyl (C=O) groups excluding carboxylic acids is 1. The molecule has 0 spiro atoms. The highest BCUT2D eigenvalue weighted by Gasteiger charge is 2.13. The van der Waals surface area contributed by atoms with Crippen molar-refractivity contribution in [3.8, 4) is 6.07 Å². The average Bonchev–Trinajstić information content (AvgIpc) is 2.51. The Bertz CT molecular complexity index is 829. The quantitative estimate of drug-likeness (QED) is 0.814. The third kappa shape index (κ3) is 3.07. The van der Waals surface area contributed by atoms with Gasteiger partial charge in [0.05, 0.1) is 19.2 Å². The predicted molar refractivity (Wildman–Crippen MR) is 81.8 cm³/mol. The van der Waals surface area contributed by atoms with E-state index in [9.17, 15) is 9.59 Å². The third-order valence-corrected chi connectivity index (χ3v) is 3.47. The minimum Gasteiger partial charge on any atom is -0.465 e. The van der Waals surface area contributed by atoms with Crippen LogP contribution in [-0.4, -0.2) is 17.6 Å². The van der Waals surface area contributed by atoms with E-state index in [1.165, 1.54) is 23.9 Å². The van der Waals surface area contributed by atoms with Crippen LogP contribution in [-0.2, 0) is 11.3 Å². The number of methoxy groups -OCH3 is 1. The van der Waals surface area contributed by atoms with Crippen LogP contribution in [0, 0.1) is 25.2 Å². The number of nitriles is 1. The first-order valence-electron chi connectivity index (χ1n) is 6.75. The fourth-order valence-corrected chi connectivity index (χ4v) is 2.22. The minimum absolute atomic E-state index is 0.0757. The molecule has 0 saturated carbocycles. The van der Waals surface area contributed by atoms with Crippen molar-refractivity contribution in [2.75, 3.05) is 7.11 Å². The number of rotatable bonds is 3. The van der Waals surface area contributed by atoms with Gasteiger partial charge in [0.25, 0.3) is 5.56 Å². The van der Waals surface area contributed by atoms with Crippen LogP contribution >= 0.6 is 0 Å². The van der Waals surface area contributed by atoms with Crippen molar-refractivity contribution in [2.24, 2.45) is 0 Å². The molecule has 0 fully saturated rings. The zero-order valence-corrected chi connectivity index (χ0v) is 12.7. The molecule has 0 aliphatic carbocycles. The Balaban J connectivity index is 2.55. The van der Waals surface area contributed by atoms with Gasteiger partial charge in [0.15, 0.2) is 0 Å². The van der Waals surface area contributed by atoms with Crippen molar-refractivity contribution in [3.63, 3.8) is 0 Å². The van der Waals surface area contributed by atoms with E-state index < -0.39 is 11.5 Å². The van der Waals surface area contributed by atoms with E-state index in [1.54, 1.807) is 0 Å². The van der Waals surface area contributed by atoms with E-state index in [1.807, 2.05) is 38.1 Å². The summed E-state index contributed by atoms with van der Waals surface area (Å²) in [4.78, 5) is 23.9. The lowest BCUT2D eigenvalue weighted by molar-refractivity contribution is 0.0599. The molecule has 1 heterocycles. The number of benzene rings is 1. The van der Waals surface area contributed by atoms with Gasteiger partial charge in [0.1, 0.15) is 11.6 Å². The zero-order valence-electron chi connectivity index (χ0n) is 12.7. The van der Waals surface area contributed by atoms with Gasteiger partial charge in [-0.1, -0.05) is 23.8 Å². The normalized spacial score (nSPS) is 10.1. The van der Waals surface area contributed by atoms with Gasteiger partial charge in [-0.05, 0) is 31.0 Å². The first kappa shape index (κ1) is 15.5. The molecule has 5 heteroatoms. The number of hydrogen-bond donors (Lipinski definition) is 0. The van der Waals surface area contributed by atoms with Crippen LogP contribution in [0.15, 0.2) is 35.3 Å². The molecule has 0 atom stereocenters. The lowest BCUT2D eigenvalue weighted by Crippen LogP contribution is -2.25. The average molecular weight is 296 g/mol. The van der Waals surface area contributed by atoms with Gasteiger partial charge in [0, 0.05) is 6.20 Å². The Morgan fingerprint density at radius 1 is 1.32 bits per heavy atom. The Morgan fingerprint density at radius 3 is 2.68 bits per heavy atom. The van der Waals surface area contributed by atoms with Gasteiger partial charge in [0.2, 0.25) is 0 Å². The van der Waals surface area contributed by atoms with Crippen molar-refractivity contribution in [1.29, 1.82) is 5.26 Å². The molecule has 1 aromatic carbocycles. The maximum atomic E-state index is 12.3. The Morgan fingerprint density at radius 2 is 2.05 bits per heavy atom. The summed E-state index contributed by atoms with van der Waals surface area (Å²) in [5, 5.41) is 9.07. The van der Waals surface area contributed by atoms with Crippen LogP contribution in [0.4, 0.5) is 0 Å². The molecule has 0 bridgehead atoms. The molecule has 0 aliphatic rings. The molecule has 5 nitrogen and oxygen atoms in total. The molecule has 22 heavy (non-hydrogen) atoms. The summed E-state index contributed by atoms with van der Waals surface area (Å²) in [6, 6.07) is 9.04. The largest absolute Gasteiger partial charge is 0.465 e. The number of aryl methyl sites for hydroxylation is 2. The highest BCUT2D eigenvalue weighted by Crippen LogP contribution is 2.12. The van der Waals surface area contributed by atoms with Crippen LogP contribution < -0.4 is 5.56 Å². The number of carbonyl (C=O) groups is 1. The summed E-state index contributed by atoms with van der Waals surface area (Å²) in [6.45, 7) is 4.22. The lowest BCUT2D eigenvalue weighted by Gasteiger charge is -2.11. The number of pyridine rings is 1. The van der Waals surface area contributed by atoms with Crippen molar-refractivity contribution in [3.05, 3.63) is 68.6 Å². The molecule has 2 rings (SSSR count). The molecule has 0 amide bonds. The Hall–Kier alpha value is -2.87. The summed E-state index contributed by atoms with van der Waals surface area (Å²) in [5.41, 5.74) is 2.78. The van der Waals surface area contributed by atoms with Crippen LogP contribution in [0.5, 0.6) is 0 Å². The Kier molecular flexibility index (Phi) is 4.42. The summed E-state index contributed by atoms with van der Waals surface area (Å²) >= 11 is 0. The summed E-state index contributed by atoms with van der Waals surface area (Å²) in [5.74, 6) is -0.578. The molecule has 112 valence electrons. The highest BCUT2D eigenvalue weighted by molar-refractivity contribution is 5.89. The number of aromatic nitrogens is 1. The van der Waals surface area contributed by atoms with E-state index in [0.29, 0.717) is 6.54 Å². The highest BCUT2D eigenvalue weighted by atomic mass is 16.5. The van der Waals surface area contributed by atoms with Crippen LogP contribution in [0.1, 0.15) is 32.6 Å². The topological polar surface area (TPSA) is 72.1 Å². The van der Waals surface area contributed by atoms with Gasteiger partial charge in [-0.3, -0.25) is 4.79 Å². The van der Waals surface area contributed by atoms with E-state index in [-0.39, 0.29) is 11.1 Å². The van der Waals surface area contributed by atoms with E-state index in [2.05, 4.69) is 4.74 Å². The van der Waals surface area contributed by atoms with Crippen molar-refractivity contribution in [1.82, 2.24) is 4.57 Å². The van der Waals surface area contributed by atoms with Crippen LogP contribution in [0.25, 0.3) is 0 Å². The van der Waals surface area contributed by atoms with Gasteiger partial charge in [-0.25, -0.2) is 4.79 Å². The molecule has 0 unspecified atom stereocenters. The number of esters is 1. The van der Waals surface area contributed by atoms with Gasteiger partial charge in [-0.15, -0.1) is 0 Å². The second kappa shape index (κ2) is 6.27. The van der Waals surface area contributed by atoms with Crippen LogP contribution in [0.3, 0.4) is 0 Å². The molecule has 0 radical (unpaired) electrons. The SMILES string of the molecule is COC(=O)c1cc(C#N)c(=O)n(Cc2cc(C)ccc2C)c1. The molecule has 2 aromatic rings. The van der Waals surface area contributed by atoms with Crippen molar-refractivity contribution < 1.29 is 9.53 Å². The molecular weight excluding hydrogens is 280 g/mol. The minimum atomic E-state index is -0.578. The molecule has 0 N–H and O–H groups in total. The van der Waals surface area contributed by atoms with Crippen molar-refractivity contribution in [2.45, 2.75) is 20.4 Å². The second-order valence-electron chi connectivity index (χ2n) is 5.11. The fourth-order valence-electron chi connectivity index (χ4n) is 2.22. The van der Waals surface area contributed by atoms with Crippen LogP contribution in [0.2, 0.25) is 0 Å². The van der Waals surface area contributed by atoms with Gasteiger partial charge < -0.3 is 9.30 Å². The van der Waals surface area contributed by atoms with Gasteiger partial charge in [-0.2, -0.15) is 5.26 Å². The first-order chi connectivity index (χ1) is 10.5. The number of hydrogen-bond acceptors (Lipinski definition) is 4. The Labute approximate surface area is 128 Å². The molecular formula is C17H16N2O3. The van der Waals surface area contributed by atoms with Crippen molar-refractivity contribution >= 4 is 5.97 Å². The number of nitrogens with zero attached hydrogens (tertiary/aromatic N) is 2. The van der Waals surface area contributed by atoms with E-state index in [0.717, 1.165) is 16.7 Å². The summed E-state index contributed by atoms with van der Waals surface area (Å²) < 4.78 is 6.03. The first-order valence-corrected chi connectivity index (χ1v) is 6.75. The standard InChI is InChI=1S/C17H16N2O3/c1-11-4-5-12(2)14(6-11)9-19-10-15(17(21)22-3)7-13(8-18)16(19)20/h4-7,10H,9H2,1-3H3. The lowest BCUT2D eigenvalue weighted by atomic mass is 10.1. The van der Waals surface area contributed by atoms with E-state index >= 15 is 0 Å². The van der Waals surface area contributed by atoms with Gasteiger partial charge >= 0.3 is 5.97 Å². The van der Waals surface area contributed by atoms with E-state index in [4.69, 9.17) is 5.26 Å². The second-order valence-corrected chi connectivity index (χ2v) is 5.11. The zero-order chi connectivity index (χ0) is 16.3.